The zero-order valence-electron chi connectivity index (χ0n) is 21.6. The Balaban J connectivity index is 1.47. The van der Waals surface area contributed by atoms with Crippen LogP contribution in [0.5, 0.6) is 0 Å². The van der Waals surface area contributed by atoms with Gasteiger partial charge in [0.1, 0.15) is 0 Å². The van der Waals surface area contributed by atoms with E-state index < -0.39 is 0 Å². The molecule has 4 aliphatic rings. The van der Waals surface area contributed by atoms with Crippen LogP contribution in [0, 0.1) is 40.4 Å². The van der Waals surface area contributed by atoms with Gasteiger partial charge in [-0.1, -0.05) is 51.3 Å². The third-order valence-corrected chi connectivity index (χ3v) is 10.4. The average Bonchev–Trinajstić information content (AvgIpc) is 3.15. The molecule has 0 aromatic rings. The van der Waals surface area contributed by atoms with Crippen LogP contribution in [0.3, 0.4) is 0 Å². The van der Waals surface area contributed by atoms with Crippen molar-refractivity contribution < 1.29 is 14.4 Å². The van der Waals surface area contributed by atoms with Crippen LogP contribution >= 0.6 is 0 Å². The van der Waals surface area contributed by atoms with Gasteiger partial charge in [-0.2, -0.15) is 0 Å². The first-order valence-corrected chi connectivity index (χ1v) is 13.7. The van der Waals surface area contributed by atoms with Crippen LogP contribution in [-0.4, -0.2) is 17.5 Å². The van der Waals surface area contributed by atoms with Crippen LogP contribution in [-0.2, 0) is 14.4 Å². The van der Waals surface area contributed by atoms with Crippen LogP contribution in [0.15, 0.2) is 16.8 Å². The molecule has 0 bridgehead atoms. The van der Waals surface area contributed by atoms with Crippen LogP contribution in [0.25, 0.3) is 0 Å². The zero-order chi connectivity index (χ0) is 23.8. The minimum Gasteiger partial charge on any atom is -0.318 e. The van der Waals surface area contributed by atoms with Crippen LogP contribution in [0.1, 0.15) is 112 Å². The highest BCUT2D eigenvalue weighted by Gasteiger charge is 2.59. The van der Waals surface area contributed by atoms with E-state index in [1.807, 2.05) is 6.08 Å². The van der Waals surface area contributed by atoms with Crippen LogP contribution in [0.4, 0.5) is 0 Å². The molecular weight excluding hydrogens is 410 g/mol. The second-order valence-electron chi connectivity index (χ2n) is 12.1. The molecule has 0 aromatic carbocycles. The minimum atomic E-state index is -0.146. The minimum absolute atomic E-state index is 0.0217. The van der Waals surface area contributed by atoms with E-state index in [0.29, 0.717) is 23.5 Å². The number of rotatable bonds is 7. The van der Waals surface area contributed by atoms with Gasteiger partial charge in [0.2, 0.25) is 0 Å². The Hall–Kier alpha value is -1.45. The lowest BCUT2D eigenvalue weighted by Crippen LogP contribution is -2.51. The predicted octanol–water partition coefficient (Wildman–Crippen LogP) is 7.27. The molecular formula is C29H45NO3. The van der Waals surface area contributed by atoms with Gasteiger partial charge in [-0.05, 0) is 99.4 Å². The Labute approximate surface area is 201 Å². The van der Waals surface area contributed by atoms with E-state index >= 15 is 0 Å². The van der Waals surface area contributed by atoms with Crippen molar-refractivity contribution in [3.63, 3.8) is 0 Å². The molecule has 0 aliphatic heterocycles. The van der Waals surface area contributed by atoms with Gasteiger partial charge in [0.15, 0.2) is 5.78 Å². The lowest BCUT2D eigenvalue weighted by Gasteiger charge is -2.58. The molecule has 0 saturated heterocycles. The maximum atomic E-state index is 12.6. The number of carbonyl (C=O) groups excluding carboxylic acids is 2. The summed E-state index contributed by atoms with van der Waals surface area (Å²) in [5.74, 6) is 2.75. The molecule has 4 rings (SSSR count). The molecule has 4 nitrogen and oxygen atoms in total. The van der Waals surface area contributed by atoms with Gasteiger partial charge in [-0.3, -0.25) is 4.79 Å². The molecule has 3 fully saturated rings. The summed E-state index contributed by atoms with van der Waals surface area (Å²) < 4.78 is 0. The average molecular weight is 456 g/mol. The number of carbonyl (C=O) groups is 2. The lowest BCUT2D eigenvalue weighted by atomic mass is 9.46. The van der Waals surface area contributed by atoms with Crippen molar-refractivity contribution in [2.24, 2.45) is 45.6 Å². The van der Waals surface area contributed by atoms with Crippen molar-refractivity contribution in [3.8, 4) is 0 Å². The number of allylic oxidation sites excluding steroid dienone is 1. The van der Waals surface area contributed by atoms with Crippen LogP contribution < -0.4 is 0 Å². The molecule has 6 atom stereocenters. The number of fused-ring (bicyclic) bond motifs is 5. The molecule has 3 saturated carbocycles. The van der Waals surface area contributed by atoms with Gasteiger partial charge in [-0.15, -0.1) is 0 Å². The standard InChI is InChI=1S/C29H45NO3/c1-6-8-20(9-7-2)27(32)33-30-19(3)24-12-13-25-23-11-10-21-18-22(31)14-16-28(21,4)26(23)15-17-29(24,25)5/h18,20,23-26H,6-17H2,1-5H3/b30-19-/t23-,24+,25-,26-,28-,29+/m0/s1. The topological polar surface area (TPSA) is 55.7 Å². The summed E-state index contributed by atoms with van der Waals surface area (Å²) in [7, 11) is 0. The van der Waals surface area contributed by atoms with Crippen molar-refractivity contribution in [1.29, 1.82) is 0 Å². The van der Waals surface area contributed by atoms with Crippen molar-refractivity contribution in [3.05, 3.63) is 11.6 Å². The van der Waals surface area contributed by atoms with Crippen molar-refractivity contribution in [2.75, 3.05) is 0 Å². The number of ketones is 1. The molecule has 4 heteroatoms. The predicted molar refractivity (Wildman–Crippen MR) is 133 cm³/mol. The van der Waals surface area contributed by atoms with E-state index in [-0.39, 0.29) is 22.7 Å². The van der Waals surface area contributed by atoms with E-state index in [0.717, 1.165) is 63.0 Å². The Morgan fingerprint density at radius 1 is 1.06 bits per heavy atom. The van der Waals surface area contributed by atoms with Gasteiger partial charge < -0.3 is 4.84 Å². The highest BCUT2D eigenvalue weighted by Crippen LogP contribution is 2.66. The van der Waals surface area contributed by atoms with E-state index in [2.05, 4.69) is 39.8 Å². The number of nitrogens with zero attached hydrogens (tertiary/aromatic N) is 1. The third-order valence-electron chi connectivity index (χ3n) is 10.4. The number of hydrogen-bond donors (Lipinski definition) is 0. The van der Waals surface area contributed by atoms with Crippen molar-refractivity contribution in [1.82, 2.24) is 0 Å². The Morgan fingerprint density at radius 3 is 2.48 bits per heavy atom. The van der Waals surface area contributed by atoms with E-state index in [1.54, 1.807) is 0 Å². The summed E-state index contributed by atoms with van der Waals surface area (Å²) in [6.45, 7) is 11.3. The molecule has 0 amide bonds. The maximum Gasteiger partial charge on any atom is 0.338 e. The monoisotopic (exact) mass is 455 g/mol. The first-order valence-electron chi connectivity index (χ1n) is 13.7. The first-order chi connectivity index (χ1) is 15.7. The molecule has 0 N–H and O–H groups in total. The molecule has 0 unspecified atom stereocenters. The van der Waals surface area contributed by atoms with Gasteiger partial charge >= 0.3 is 5.97 Å². The molecule has 0 spiro atoms. The molecule has 0 radical (unpaired) electrons. The second kappa shape index (κ2) is 9.66. The molecule has 0 aromatic heterocycles. The molecule has 4 aliphatic carbocycles. The quantitative estimate of drug-likeness (QED) is 0.230. The molecule has 0 heterocycles. The van der Waals surface area contributed by atoms with E-state index in [4.69, 9.17) is 4.84 Å². The summed E-state index contributed by atoms with van der Waals surface area (Å²) in [6.07, 6.45) is 14.7. The Bertz CT molecular complexity index is 823. The van der Waals surface area contributed by atoms with Gasteiger partial charge in [0.05, 0.1) is 11.6 Å². The van der Waals surface area contributed by atoms with Gasteiger partial charge in [0, 0.05) is 12.3 Å². The summed E-state index contributed by atoms with van der Waals surface area (Å²) in [5.41, 5.74) is 2.93. The summed E-state index contributed by atoms with van der Waals surface area (Å²) >= 11 is 0. The first kappa shape index (κ1) is 24.7. The fraction of sp³-hybridized carbons (Fsp3) is 0.828. The van der Waals surface area contributed by atoms with Crippen LogP contribution in [0.2, 0.25) is 0 Å². The SMILES string of the molecule is CCCC(CCC)C(=O)O/N=C(/C)[C@H]1CC[C@H]2[C@@H]3CCC4=CC(=O)CC[C@]4(C)[C@H]3CC[C@]12C. The fourth-order valence-electron chi connectivity index (χ4n) is 8.58. The Kier molecular flexibility index (Phi) is 7.22. The third kappa shape index (κ3) is 4.36. The highest BCUT2D eigenvalue weighted by molar-refractivity contribution is 5.91. The summed E-state index contributed by atoms with van der Waals surface area (Å²) in [5, 5.41) is 4.44. The van der Waals surface area contributed by atoms with Crippen molar-refractivity contribution in [2.45, 2.75) is 112 Å². The fourth-order valence-corrected chi connectivity index (χ4v) is 8.58. The van der Waals surface area contributed by atoms with Gasteiger partial charge in [-0.25, -0.2) is 4.79 Å². The Morgan fingerprint density at radius 2 is 1.79 bits per heavy atom. The zero-order valence-corrected chi connectivity index (χ0v) is 21.6. The highest BCUT2D eigenvalue weighted by atomic mass is 16.7. The molecule has 184 valence electrons. The second-order valence-corrected chi connectivity index (χ2v) is 12.1. The normalized spacial score (nSPS) is 38.4. The maximum absolute atomic E-state index is 12.6. The smallest absolute Gasteiger partial charge is 0.318 e. The largest absolute Gasteiger partial charge is 0.338 e. The lowest BCUT2D eigenvalue weighted by molar-refractivity contribution is -0.149. The summed E-state index contributed by atoms with van der Waals surface area (Å²) in [6, 6.07) is 0. The summed E-state index contributed by atoms with van der Waals surface area (Å²) in [4.78, 5) is 30.2. The number of oxime groups is 1. The van der Waals surface area contributed by atoms with E-state index in [9.17, 15) is 9.59 Å². The van der Waals surface area contributed by atoms with E-state index in [1.165, 1.54) is 31.3 Å². The van der Waals surface area contributed by atoms with Gasteiger partial charge in [0.25, 0.3) is 0 Å². The van der Waals surface area contributed by atoms with Crippen molar-refractivity contribution >= 4 is 17.5 Å². The number of hydrogen-bond acceptors (Lipinski definition) is 4. The molecule has 33 heavy (non-hydrogen) atoms.